The third kappa shape index (κ3) is 4.75. The van der Waals surface area contributed by atoms with E-state index in [1.807, 2.05) is 0 Å². The van der Waals surface area contributed by atoms with E-state index >= 15 is 0 Å². The molecule has 14 heavy (non-hydrogen) atoms. The van der Waals surface area contributed by atoms with Crippen LogP contribution >= 0.6 is 0 Å². The Hall–Kier alpha value is 1.10. The minimum atomic E-state index is 0. The zero-order valence-corrected chi connectivity index (χ0v) is 12.9. The predicted molar refractivity (Wildman–Crippen MR) is 59.6 cm³/mol. The molecule has 0 heterocycles. The van der Waals surface area contributed by atoms with Crippen molar-refractivity contribution in [2.24, 2.45) is 11.3 Å². The molecule has 1 rings (SSSR count). The van der Waals surface area contributed by atoms with Crippen LogP contribution in [0.4, 0.5) is 0 Å². The van der Waals surface area contributed by atoms with E-state index in [4.69, 9.17) is 0 Å². The van der Waals surface area contributed by atoms with Crippen LogP contribution in [0.1, 0.15) is 65.2 Å². The first-order valence-electron chi connectivity index (χ1n) is 5.98. The average Bonchev–Trinajstić information content (AvgIpc) is 2.04. The van der Waals surface area contributed by atoms with E-state index in [-0.39, 0.29) is 32.7 Å². The molecule has 0 atom stereocenters. The molecule has 0 bridgehead atoms. The average molecular weight is 270 g/mol. The van der Waals surface area contributed by atoms with Gasteiger partial charge in [0.25, 0.3) is 0 Å². The van der Waals surface area contributed by atoms with E-state index in [0.29, 0.717) is 5.41 Å². The monoisotopic (exact) mass is 270 g/mol. The summed E-state index contributed by atoms with van der Waals surface area (Å²) < 4.78 is 0. The Bertz CT molecular complexity index is 129. The summed E-state index contributed by atoms with van der Waals surface area (Å²) in [4.78, 5) is 0. The van der Waals surface area contributed by atoms with Gasteiger partial charge in [-0.25, -0.2) is 0 Å². The van der Waals surface area contributed by atoms with Gasteiger partial charge in [-0.3, -0.25) is 0 Å². The van der Waals surface area contributed by atoms with Gasteiger partial charge in [-0.05, 0) is 30.6 Å². The fraction of sp³-hybridized carbons (Fsp3) is 0.923. The summed E-state index contributed by atoms with van der Waals surface area (Å²) in [5.41, 5.74) is 0.689. The maximum atomic E-state index is 4.03. The van der Waals surface area contributed by atoms with Crippen LogP contribution in [0.5, 0.6) is 0 Å². The zero-order chi connectivity index (χ0) is 9.73. The molecular formula is C13H25Y-. The van der Waals surface area contributed by atoms with Crippen molar-refractivity contribution >= 4 is 0 Å². The summed E-state index contributed by atoms with van der Waals surface area (Å²) in [6.07, 6.45) is 11.3. The van der Waals surface area contributed by atoms with Crippen LogP contribution in [-0.4, -0.2) is 0 Å². The Labute approximate surface area is 115 Å². The Morgan fingerprint density at radius 1 is 1.14 bits per heavy atom. The summed E-state index contributed by atoms with van der Waals surface area (Å²) in [6.45, 7) is 8.75. The minimum Gasteiger partial charge on any atom is -0.343 e. The van der Waals surface area contributed by atoms with Gasteiger partial charge < -0.3 is 6.92 Å². The molecule has 1 aliphatic rings. The van der Waals surface area contributed by atoms with Crippen LogP contribution in [0.15, 0.2) is 0 Å². The van der Waals surface area contributed by atoms with Crippen LogP contribution in [0.25, 0.3) is 0 Å². The Morgan fingerprint density at radius 3 is 2.14 bits per heavy atom. The molecule has 81 valence electrons. The Morgan fingerprint density at radius 2 is 1.71 bits per heavy atom. The predicted octanol–water partition coefficient (Wildman–Crippen LogP) is 4.59. The van der Waals surface area contributed by atoms with Crippen molar-refractivity contribution in [1.82, 2.24) is 0 Å². The van der Waals surface area contributed by atoms with Crippen molar-refractivity contribution in [3.63, 3.8) is 0 Å². The third-order valence-electron chi connectivity index (χ3n) is 3.46. The second kappa shape index (κ2) is 7.39. The van der Waals surface area contributed by atoms with Gasteiger partial charge >= 0.3 is 0 Å². The van der Waals surface area contributed by atoms with E-state index in [9.17, 15) is 0 Å². The van der Waals surface area contributed by atoms with Gasteiger partial charge in [-0.2, -0.15) is 6.42 Å². The Balaban J connectivity index is 0.00000169. The molecule has 0 N–H and O–H groups in total. The number of hydrogen-bond acceptors (Lipinski definition) is 0. The first-order valence-corrected chi connectivity index (χ1v) is 5.98. The molecule has 1 saturated carbocycles. The molecular weight excluding hydrogens is 245 g/mol. The molecule has 1 heteroatoms. The van der Waals surface area contributed by atoms with E-state index in [0.717, 1.165) is 12.3 Å². The van der Waals surface area contributed by atoms with Crippen LogP contribution in [0, 0.1) is 18.3 Å². The second-order valence-electron chi connectivity index (χ2n) is 5.26. The molecule has 0 aromatic carbocycles. The van der Waals surface area contributed by atoms with Crippen molar-refractivity contribution in [1.29, 1.82) is 0 Å². The Kier molecular flexibility index (Phi) is 7.97. The topological polar surface area (TPSA) is 0 Å². The summed E-state index contributed by atoms with van der Waals surface area (Å²) in [5, 5.41) is 0. The smallest absolute Gasteiger partial charge is 0 e. The first kappa shape index (κ1) is 15.1. The largest absolute Gasteiger partial charge is 0.343 e. The number of hydrogen-bond donors (Lipinski definition) is 0. The van der Waals surface area contributed by atoms with Crippen molar-refractivity contribution in [3.8, 4) is 0 Å². The van der Waals surface area contributed by atoms with Gasteiger partial charge in [0.05, 0.1) is 0 Å². The molecule has 0 saturated heterocycles. The van der Waals surface area contributed by atoms with Crippen molar-refractivity contribution in [3.05, 3.63) is 6.92 Å². The molecule has 0 amide bonds. The van der Waals surface area contributed by atoms with Crippen LogP contribution < -0.4 is 0 Å². The fourth-order valence-corrected chi connectivity index (χ4v) is 3.10. The van der Waals surface area contributed by atoms with Crippen LogP contribution in [-0.2, 0) is 32.7 Å². The van der Waals surface area contributed by atoms with Crippen molar-refractivity contribution in [2.45, 2.75) is 65.2 Å². The minimum absolute atomic E-state index is 0. The summed E-state index contributed by atoms with van der Waals surface area (Å²) in [6, 6.07) is 0. The second-order valence-corrected chi connectivity index (χ2v) is 5.26. The molecule has 0 aliphatic heterocycles. The van der Waals surface area contributed by atoms with E-state index < -0.39 is 0 Å². The molecule has 0 aromatic rings. The SMILES string of the molecule is [CH2-]CCC1(CC(C)C)CCCCC1.[Y]. The number of rotatable bonds is 4. The molecule has 0 nitrogen and oxygen atoms in total. The molecule has 1 radical (unpaired) electrons. The van der Waals surface area contributed by atoms with Crippen molar-refractivity contribution < 1.29 is 32.7 Å². The fourth-order valence-electron chi connectivity index (χ4n) is 3.10. The van der Waals surface area contributed by atoms with Gasteiger partial charge in [0.1, 0.15) is 0 Å². The van der Waals surface area contributed by atoms with E-state index in [1.165, 1.54) is 44.9 Å². The molecule has 0 unspecified atom stereocenters. The van der Waals surface area contributed by atoms with E-state index in [2.05, 4.69) is 20.8 Å². The first-order chi connectivity index (χ1) is 6.18. The van der Waals surface area contributed by atoms with Gasteiger partial charge in [0.2, 0.25) is 0 Å². The summed E-state index contributed by atoms with van der Waals surface area (Å²) >= 11 is 0. The summed E-state index contributed by atoms with van der Waals surface area (Å²) in [7, 11) is 0. The quantitative estimate of drug-likeness (QED) is 0.655. The van der Waals surface area contributed by atoms with Gasteiger partial charge in [0, 0.05) is 32.7 Å². The van der Waals surface area contributed by atoms with Gasteiger partial charge in [0.15, 0.2) is 0 Å². The van der Waals surface area contributed by atoms with E-state index in [1.54, 1.807) is 0 Å². The maximum Gasteiger partial charge on any atom is 0 e. The molecule has 0 spiro atoms. The zero-order valence-electron chi connectivity index (χ0n) is 10.0. The van der Waals surface area contributed by atoms with Gasteiger partial charge in [-0.1, -0.05) is 39.5 Å². The molecule has 1 aliphatic carbocycles. The standard InChI is InChI=1S/C13H25.Y/c1-4-8-13(11-12(2)3)9-6-5-7-10-13;/h12H,1,4-11H2,2-3H3;/q-1;. The van der Waals surface area contributed by atoms with Gasteiger partial charge in [-0.15, -0.1) is 0 Å². The summed E-state index contributed by atoms with van der Waals surface area (Å²) in [5.74, 6) is 0.865. The van der Waals surface area contributed by atoms with Crippen LogP contribution in [0.2, 0.25) is 0 Å². The third-order valence-corrected chi connectivity index (χ3v) is 3.46. The molecule has 1 fully saturated rings. The normalized spacial score (nSPS) is 20.6. The van der Waals surface area contributed by atoms with Crippen molar-refractivity contribution in [2.75, 3.05) is 0 Å². The molecule has 0 aromatic heterocycles. The van der Waals surface area contributed by atoms with Crippen LogP contribution in [0.3, 0.4) is 0 Å². The maximum absolute atomic E-state index is 4.03.